The van der Waals surface area contributed by atoms with Crippen LogP contribution in [0.1, 0.15) is 29.3 Å². The standard InChI is InChI=1S/C22H22FN5O4/c1-12(29)26-14-4-2-13(3-5-14)9-24-15-6-7-28(11-15)21-18(23)8-16-19(30)17(22(31)32)10-25-20(16)27-21/h2-5,8,10,15,24H,6-7,9,11H2,1H3,(H,26,29)(H,31,32)(H,25,27,30). The predicted molar refractivity (Wildman–Crippen MR) is 117 cm³/mol. The molecule has 166 valence electrons. The number of pyridine rings is 2. The Morgan fingerprint density at radius 3 is 2.75 bits per heavy atom. The summed E-state index contributed by atoms with van der Waals surface area (Å²) in [4.78, 5) is 43.2. The SMILES string of the molecule is CC(=O)Nc1ccc(CNC2CCN(c3nc4[nH]cc(C(=O)O)c(=O)c4cc3F)C2)cc1. The lowest BCUT2D eigenvalue weighted by Gasteiger charge is -2.19. The van der Waals surface area contributed by atoms with Gasteiger partial charge in [-0.2, -0.15) is 0 Å². The number of aromatic carboxylic acids is 1. The molecule has 0 radical (unpaired) electrons. The summed E-state index contributed by atoms with van der Waals surface area (Å²) < 4.78 is 14.7. The summed E-state index contributed by atoms with van der Waals surface area (Å²) in [6, 6.07) is 8.69. The van der Waals surface area contributed by atoms with Gasteiger partial charge in [-0.15, -0.1) is 0 Å². The third-order valence-corrected chi connectivity index (χ3v) is 5.39. The van der Waals surface area contributed by atoms with Crippen molar-refractivity contribution in [3.63, 3.8) is 0 Å². The second kappa shape index (κ2) is 8.75. The number of hydrogen-bond donors (Lipinski definition) is 4. The normalized spacial score (nSPS) is 15.8. The largest absolute Gasteiger partial charge is 0.477 e. The van der Waals surface area contributed by atoms with E-state index in [0.717, 1.165) is 29.9 Å². The van der Waals surface area contributed by atoms with Crippen molar-refractivity contribution in [2.75, 3.05) is 23.3 Å². The average Bonchev–Trinajstić information content (AvgIpc) is 3.22. The zero-order valence-corrected chi connectivity index (χ0v) is 17.3. The van der Waals surface area contributed by atoms with Gasteiger partial charge < -0.3 is 25.6 Å². The fourth-order valence-corrected chi connectivity index (χ4v) is 3.78. The van der Waals surface area contributed by atoms with Gasteiger partial charge in [-0.3, -0.25) is 9.59 Å². The van der Waals surface area contributed by atoms with Crippen molar-refractivity contribution in [2.45, 2.75) is 25.9 Å². The number of carbonyl (C=O) groups excluding carboxylic acids is 1. The van der Waals surface area contributed by atoms with Crippen molar-refractivity contribution in [3.05, 3.63) is 63.7 Å². The van der Waals surface area contributed by atoms with E-state index in [1.807, 2.05) is 24.3 Å². The summed E-state index contributed by atoms with van der Waals surface area (Å²) >= 11 is 0. The van der Waals surface area contributed by atoms with Crippen molar-refractivity contribution in [1.29, 1.82) is 0 Å². The van der Waals surface area contributed by atoms with E-state index in [2.05, 4.69) is 20.6 Å². The van der Waals surface area contributed by atoms with Gasteiger partial charge in [-0.25, -0.2) is 14.2 Å². The highest BCUT2D eigenvalue weighted by Crippen LogP contribution is 2.24. The number of aromatic nitrogens is 2. The number of halogens is 1. The average molecular weight is 439 g/mol. The van der Waals surface area contributed by atoms with Crippen molar-refractivity contribution in [2.24, 2.45) is 0 Å². The Morgan fingerprint density at radius 1 is 1.31 bits per heavy atom. The van der Waals surface area contributed by atoms with Crippen molar-refractivity contribution in [3.8, 4) is 0 Å². The molecule has 1 aliphatic heterocycles. The first-order valence-electron chi connectivity index (χ1n) is 10.1. The van der Waals surface area contributed by atoms with Crippen LogP contribution in [0, 0.1) is 5.82 Å². The summed E-state index contributed by atoms with van der Waals surface area (Å²) in [6.45, 7) is 3.21. The molecule has 0 spiro atoms. The first-order chi connectivity index (χ1) is 15.3. The smallest absolute Gasteiger partial charge is 0.341 e. The third kappa shape index (κ3) is 4.45. The van der Waals surface area contributed by atoms with Gasteiger partial charge in [0.1, 0.15) is 11.2 Å². The molecule has 32 heavy (non-hydrogen) atoms. The zero-order valence-electron chi connectivity index (χ0n) is 17.3. The molecule has 1 saturated heterocycles. The first kappa shape index (κ1) is 21.4. The van der Waals surface area contributed by atoms with Crippen LogP contribution in [-0.4, -0.2) is 46.1 Å². The van der Waals surface area contributed by atoms with E-state index in [1.165, 1.54) is 6.92 Å². The molecule has 4 N–H and O–H groups in total. The Hall–Kier alpha value is -3.79. The number of benzene rings is 1. The van der Waals surface area contributed by atoms with Crippen LogP contribution in [0.4, 0.5) is 15.9 Å². The van der Waals surface area contributed by atoms with Crippen LogP contribution in [0.15, 0.2) is 41.3 Å². The van der Waals surface area contributed by atoms with Gasteiger partial charge in [0.15, 0.2) is 11.6 Å². The van der Waals surface area contributed by atoms with Gasteiger partial charge in [0, 0.05) is 44.5 Å². The maximum Gasteiger partial charge on any atom is 0.341 e. The zero-order chi connectivity index (χ0) is 22.8. The molecule has 1 unspecified atom stereocenters. The van der Waals surface area contributed by atoms with Gasteiger partial charge in [0.05, 0.1) is 5.39 Å². The van der Waals surface area contributed by atoms with E-state index >= 15 is 0 Å². The number of nitrogens with one attached hydrogen (secondary N) is 3. The molecule has 4 rings (SSSR count). The lowest BCUT2D eigenvalue weighted by molar-refractivity contribution is -0.114. The topological polar surface area (TPSA) is 127 Å². The molecular weight excluding hydrogens is 417 g/mol. The molecule has 3 aromatic rings. The molecule has 0 saturated carbocycles. The summed E-state index contributed by atoms with van der Waals surface area (Å²) in [7, 11) is 0. The highest BCUT2D eigenvalue weighted by molar-refractivity contribution is 5.91. The summed E-state index contributed by atoms with van der Waals surface area (Å²) in [6.07, 6.45) is 1.87. The van der Waals surface area contributed by atoms with Crippen molar-refractivity contribution in [1.82, 2.24) is 15.3 Å². The monoisotopic (exact) mass is 439 g/mol. The number of nitrogens with zero attached hydrogens (tertiary/aromatic N) is 2. The van der Waals surface area contributed by atoms with Crippen LogP contribution in [0.3, 0.4) is 0 Å². The van der Waals surface area contributed by atoms with E-state index in [1.54, 1.807) is 4.90 Å². The Bertz CT molecular complexity index is 1240. The maximum absolute atomic E-state index is 14.7. The quantitative estimate of drug-likeness (QED) is 0.463. The Labute approximate surface area is 182 Å². The molecule has 1 fully saturated rings. The highest BCUT2D eigenvalue weighted by atomic mass is 19.1. The lowest BCUT2D eigenvalue weighted by Crippen LogP contribution is -2.32. The minimum absolute atomic E-state index is 0.0947. The van der Waals surface area contributed by atoms with Gasteiger partial charge in [0.25, 0.3) is 0 Å². The summed E-state index contributed by atoms with van der Waals surface area (Å²) in [5.74, 6) is -2.04. The van der Waals surface area contributed by atoms with Crippen LogP contribution in [0.25, 0.3) is 11.0 Å². The minimum Gasteiger partial charge on any atom is -0.477 e. The maximum atomic E-state index is 14.7. The lowest BCUT2D eigenvalue weighted by atomic mass is 10.2. The molecule has 0 bridgehead atoms. The fraction of sp³-hybridized carbons (Fsp3) is 0.273. The van der Waals surface area contributed by atoms with Crippen molar-refractivity contribution >= 4 is 34.4 Å². The van der Waals surface area contributed by atoms with Gasteiger partial charge >= 0.3 is 5.97 Å². The number of carboxylic acid groups (broad SMARTS) is 1. The fourth-order valence-electron chi connectivity index (χ4n) is 3.78. The molecule has 1 atom stereocenters. The summed E-state index contributed by atoms with van der Waals surface area (Å²) in [5, 5.41) is 15.1. The van der Waals surface area contributed by atoms with Crippen LogP contribution in [0.2, 0.25) is 0 Å². The Morgan fingerprint density at radius 2 is 2.06 bits per heavy atom. The van der Waals surface area contributed by atoms with E-state index in [0.29, 0.717) is 19.6 Å². The molecular formula is C22H22FN5O4. The second-order valence-corrected chi connectivity index (χ2v) is 7.72. The van der Waals surface area contributed by atoms with Crippen LogP contribution in [0.5, 0.6) is 0 Å². The predicted octanol–water partition coefficient (Wildman–Crippen LogP) is 2.09. The van der Waals surface area contributed by atoms with Crippen LogP contribution >= 0.6 is 0 Å². The third-order valence-electron chi connectivity index (χ3n) is 5.39. The molecule has 2 aromatic heterocycles. The molecule has 1 aliphatic rings. The van der Waals surface area contributed by atoms with Gasteiger partial charge in [-0.05, 0) is 30.2 Å². The number of anilines is 2. The number of amides is 1. The van der Waals surface area contributed by atoms with E-state index < -0.39 is 22.8 Å². The molecule has 0 aliphatic carbocycles. The number of carboxylic acids is 1. The van der Waals surface area contributed by atoms with E-state index in [-0.39, 0.29) is 28.8 Å². The number of fused-ring (bicyclic) bond motifs is 1. The molecule has 1 amide bonds. The number of aromatic amines is 1. The van der Waals surface area contributed by atoms with Gasteiger partial charge in [-0.1, -0.05) is 12.1 Å². The van der Waals surface area contributed by atoms with Crippen LogP contribution in [-0.2, 0) is 11.3 Å². The van der Waals surface area contributed by atoms with Crippen molar-refractivity contribution < 1.29 is 19.1 Å². The number of carbonyl (C=O) groups is 2. The first-order valence-corrected chi connectivity index (χ1v) is 10.1. The molecule has 1 aromatic carbocycles. The van der Waals surface area contributed by atoms with Gasteiger partial charge in [0.2, 0.25) is 11.3 Å². The highest BCUT2D eigenvalue weighted by Gasteiger charge is 2.26. The molecule has 9 nitrogen and oxygen atoms in total. The molecule has 3 heterocycles. The number of H-pyrrole nitrogens is 1. The molecule has 10 heteroatoms. The van der Waals surface area contributed by atoms with E-state index in [4.69, 9.17) is 5.11 Å². The summed E-state index contributed by atoms with van der Waals surface area (Å²) in [5.41, 5.74) is 0.711. The number of hydrogen-bond acceptors (Lipinski definition) is 6. The Kier molecular flexibility index (Phi) is 5.87. The minimum atomic E-state index is -1.38. The number of rotatable bonds is 6. The second-order valence-electron chi connectivity index (χ2n) is 7.72. The van der Waals surface area contributed by atoms with E-state index in [9.17, 15) is 18.8 Å². The Balaban J connectivity index is 1.43. The van der Waals surface area contributed by atoms with Crippen LogP contribution < -0.4 is 21.0 Å².